The lowest BCUT2D eigenvalue weighted by Crippen LogP contribution is -2.51. The minimum atomic E-state index is 0.171. The number of piperidine rings is 1. The van der Waals surface area contributed by atoms with Crippen molar-refractivity contribution in [3.8, 4) is 0 Å². The first-order valence-electron chi connectivity index (χ1n) is 8.77. The van der Waals surface area contributed by atoms with Crippen LogP contribution < -0.4 is 10.6 Å². The van der Waals surface area contributed by atoms with Crippen molar-refractivity contribution >= 4 is 6.08 Å². The van der Waals surface area contributed by atoms with E-state index in [-0.39, 0.29) is 5.54 Å². The van der Waals surface area contributed by atoms with Crippen LogP contribution in [0.4, 0.5) is 0 Å². The highest BCUT2D eigenvalue weighted by Gasteiger charge is 2.36. The van der Waals surface area contributed by atoms with Crippen LogP contribution in [0.15, 0.2) is 59.6 Å². The third kappa shape index (κ3) is 2.96. The first-order valence-corrected chi connectivity index (χ1v) is 8.77. The Bertz CT molecular complexity index is 781. The van der Waals surface area contributed by atoms with E-state index in [4.69, 9.17) is 4.99 Å². The molecule has 1 unspecified atom stereocenters. The molecule has 0 saturated carbocycles. The molecule has 1 saturated heterocycles. The van der Waals surface area contributed by atoms with Gasteiger partial charge in [-0.2, -0.15) is 0 Å². The van der Waals surface area contributed by atoms with Gasteiger partial charge < -0.3 is 0 Å². The Labute approximate surface area is 138 Å². The van der Waals surface area contributed by atoms with E-state index in [2.05, 4.69) is 65.6 Å². The molecule has 0 bridgehead atoms. The van der Waals surface area contributed by atoms with Crippen molar-refractivity contribution < 1.29 is 0 Å². The van der Waals surface area contributed by atoms with Crippen LogP contribution in [0.3, 0.4) is 0 Å². The number of benzene rings is 2. The van der Waals surface area contributed by atoms with Crippen LogP contribution in [-0.2, 0) is 6.54 Å². The van der Waals surface area contributed by atoms with Crippen LogP contribution in [0.25, 0.3) is 6.08 Å². The predicted molar refractivity (Wildman–Crippen MR) is 94.6 cm³/mol. The van der Waals surface area contributed by atoms with Crippen molar-refractivity contribution in [1.29, 1.82) is 0 Å². The van der Waals surface area contributed by atoms with Crippen molar-refractivity contribution in [2.24, 2.45) is 4.99 Å². The number of fused-ring (bicyclic) bond motifs is 1. The van der Waals surface area contributed by atoms with Gasteiger partial charge in [-0.3, -0.25) is 9.89 Å². The van der Waals surface area contributed by atoms with Crippen molar-refractivity contribution in [3.63, 3.8) is 0 Å². The summed E-state index contributed by atoms with van der Waals surface area (Å²) in [4.78, 5) is 7.52. The molecule has 1 fully saturated rings. The summed E-state index contributed by atoms with van der Waals surface area (Å²) in [6.07, 6.45) is 7.53. The molecule has 0 amide bonds. The van der Waals surface area contributed by atoms with E-state index in [1.54, 1.807) is 0 Å². The lowest BCUT2D eigenvalue weighted by molar-refractivity contribution is 0.0852. The third-order valence-electron chi connectivity index (χ3n) is 5.32. The van der Waals surface area contributed by atoms with Gasteiger partial charge in [-0.1, -0.05) is 61.0 Å². The number of hydrogen-bond acceptors (Lipinski definition) is 2. The van der Waals surface area contributed by atoms with Gasteiger partial charge in [-0.25, -0.2) is 0 Å². The van der Waals surface area contributed by atoms with Crippen LogP contribution in [0.1, 0.15) is 31.2 Å². The second kappa shape index (κ2) is 6.29. The predicted octanol–water partition coefficient (Wildman–Crippen LogP) is 2.92. The first kappa shape index (κ1) is 14.6. The van der Waals surface area contributed by atoms with Crippen molar-refractivity contribution in [2.75, 3.05) is 13.1 Å². The zero-order valence-electron chi connectivity index (χ0n) is 13.6. The molecule has 2 aliphatic rings. The van der Waals surface area contributed by atoms with Crippen LogP contribution in [0.5, 0.6) is 0 Å². The topological polar surface area (TPSA) is 15.6 Å². The Morgan fingerprint density at radius 3 is 2.65 bits per heavy atom. The Morgan fingerprint density at radius 1 is 0.913 bits per heavy atom. The summed E-state index contributed by atoms with van der Waals surface area (Å²) in [6, 6.07) is 19.5. The minimum Gasteiger partial charge on any atom is -0.290 e. The molecule has 0 aromatic heterocycles. The van der Waals surface area contributed by atoms with Crippen LogP contribution >= 0.6 is 0 Å². The molecule has 0 aliphatic carbocycles. The van der Waals surface area contributed by atoms with Gasteiger partial charge in [-0.05, 0) is 42.7 Å². The summed E-state index contributed by atoms with van der Waals surface area (Å²) in [7, 11) is 0. The smallest absolute Gasteiger partial charge is 0.0644 e. The quantitative estimate of drug-likeness (QED) is 0.833. The highest BCUT2D eigenvalue weighted by Crippen LogP contribution is 2.34. The average Bonchev–Trinajstić information content (AvgIpc) is 2.78. The highest BCUT2D eigenvalue weighted by atomic mass is 15.2. The van der Waals surface area contributed by atoms with Crippen LogP contribution in [-0.4, -0.2) is 23.5 Å². The van der Waals surface area contributed by atoms with Gasteiger partial charge in [0.1, 0.15) is 0 Å². The van der Waals surface area contributed by atoms with Gasteiger partial charge >= 0.3 is 0 Å². The monoisotopic (exact) mass is 304 g/mol. The number of likely N-dealkylation sites (tertiary alicyclic amines) is 1. The van der Waals surface area contributed by atoms with E-state index >= 15 is 0 Å². The van der Waals surface area contributed by atoms with E-state index in [1.807, 2.05) is 0 Å². The van der Waals surface area contributed by atoms with Gasteiger partial charge in [0.15, 0.2) is 0 Å². The number of rotatable bonds is 2. The number of hydrogen-bond donors (Lipinski definition) is 0. The fourth-order valence-electron chi connectivity index (χ4n) is 4.09. The summed E-state index contributed by atoms with van der Waals surface area (Å²) in [5.74, 6) is 0. The van der Waals surface area contributed by atoms with Crippen LogP contribution in [0.2, 0.25) is 0 Å². The van der Waals surface area contributed by atoms with Gasteiger partial charge in [0, 0.05) is 18.6 Å². The van der Waals surface area contributed by atoms with E-state index < -0.39 is 0 Å². The molecule has 0 N–H and O–H groups in total. The lowest BCUT2D eigenvalue weighted by atomic mass is 9.82. The molecule has 2 nitrogen and oxygen atoms in total. The summed E-state index contributed by atoms with van der Waals surface area (Å²) in [5.41, 5.74) is 1.58. The largest absolute Gasteiger partial charge is 0.290 e. The molecule has 118 valence electrons. The maximum Gasteiger partial charge on any atom is 0.0644 e. The van der Waals surface area contributed by atoms with E-state index in [0.717, 1.165) is 24.9 Å². The summed E-state index contributed by atoms with van der Waals surface area (Å²) < 4.78 is 0. The second-order valence-electron chi connectivity index (χ2n) is 6.80. The Hall–Kier alpha value is -1.93. The van der Waals surface area contributed by atoms with E-state index in [0.29, 0.717) is 0 Å². The maximum absolute atomic E-state index is 4.82. The molecular formula is C21H24N2. The second-order valence-corrected chi connectivity index (χ2v) is 6.80. The average molecular weight is 304 g/mol. The Kier molecular flexibility index (Phi) is 4.00. The van der Waals surface area contributed by atoms with Gasteiger partial charge in [0.05, 0.1) is 5.36 Å². The molecule has 2 heteroatoms. The summed E-state index contributed by atoms with van der Waals surface area (Å²) >= 11 is 0. The third-order valence-corrected chi connectivity index (χ3v) is 5.32. The van der Waals surface area contributed by atoms with Gasteiger partial charge in [0.2, 0.25) is 0 Å². The molecule has 2 aromatic carbocycles. The number of para-hydroxylation sites is 1. The standard InChI is InChI=1S/C21H24N2/c1-2-8-18(9-3-1)17-23-15-7-6-12-21(23)13-14-22-20-11-5-4-10-19(20)16-21/h1-5,8-11,16H,6-7,12-15,17H2. The molecule has 2 heterocycles. The lowest BCUT2D eigenvalue weighted by Gasteiger charge is -2.45. The minimum absolute atomic E-state index is 0.171. The van der Waals surface area contributed by atoms with Crippen molar-refractivity contribution in [3.05, 3.63) is 70.7 Å². The summed E-state index contributed by atoms with van der Waals surface area (Å²) in [5, 5.41) is 2.47. The number of nitrogens with zero attached hydrogens (tertiary/aromatic N) is 2. The molecule has 0 radical (unpaired) electrons. The van der Waals surface area contributed by atoms with E-state index in [9.17, 15) is 0 Å². The normalized spacial score (nSPS) is 24.3. The van der Waals surface area contributed by atoms with Crippen LogP contribution in [0, 0.1) is 0 Å². The maximum atomic E-state index is 4.82. The molecular weight excluding hydrogens is 280 g/mol. The molecule has 1 atom stereocenters. The molecule has 2 aromatic rings. The SMILES string of the molecule is C1=c2ccccc2=NCCC12CCCCN2Cc1ccccc1. The molecule has 1 spiro atoms. The molecule has 23 heavy (non-hydrogen) atoms. The van der Waals surface area contributed by atoms with E-state index in [1.165, 1.54) is 36.6 Å². The first-order chi connectivity index (χ1) is 11.4. The fourth-order valence-corrected chi connectivity index (χ4v) is 4.09. The zero-order chi connectivity index (χ0) is 15.5. The van der Waals surface area contributed by atoms with Gasteiger partial charge in [-0.15, -0.1) is 0 Å². The van der Waals surface area contributed by atoms with Gasteiger partial charge in [0.25, 0.3) is 0 Å². The Balaban J connectivity index is 1.74. The Morgan fingerprint density at radius 2 is 1.74 bits per heavy atom. The van der Waals surface area contributed by atoms with Crippen molar-refractivity contribution in [1.82, 2.24) is 4.90 Å². The highest BCUT2D eigenvalue weighted by molar-refractivity contribution is 5.39. The molecule has 4 rings (SSSR count). The fraction of sp³-hybridized carbons (Fsp3) is 0.381. The summed E-state index contributed by atoms with van der Waals surface area (Å²) in [6.45, 7) is 3.16. The zero-order valence-corrected chi connectivity index (χ0v) is 13.6. The molecule has 2 aliphatic heterocycles. The van der Waals surface area contributed by atoms with Crippen molar-refractivity contribution in [2.45, 2.75) is 37.8 Å².